The molecule has 4 N–H and O–H groups in total. The van der Waals surface area contributed by atoms with Crippen LogP contribution in [0.3, 0.4) is 0 Å². The van der Waals surface area contributed by atoms with Gasteiger partial charge in [-0.3, -0.25) is 0 Å². The third kappa shape index (κ3) is 2.51. The van der Waals surface area contributed by atoms with Gasteiger partial charge in [0.15, 0.2) is 0 Å². The summed E-state index contributed by atoms with van der Waals surface area (Å²) in [5.74, 6) is 0.188. The van der Waals surface area contributed by atoms with E-state index in [-0.39, 0.29) is 18.4 Å². The molecular formula is C11H16BrNO2. The standard InChI is InChI=1S/C11H16BrNO2/c1-6-5-7(2)10(12)11(15)9(6)8(13)3-4-14/h5,8,14-15H,3-4,13H2,1-2H3. The minimum absolute atomic E-state index is 0.0194. The number of aromatic hydroxyl groups is 1. The van der Waals surface area contributed by atoms with Crippen molar-refractivity contribution in [3.8, 4) is 5.75 Å². The molecule has 0 aliphatic carbocycles. The second-order valence-electron chi connectivity index (χ2n) is 3.71. The van der Waals surface area contributed by atoms with Crippen LogP contribution in [0.15, 0.2) is 10.5 Å². The summed E-state index contributed by atoms with van der Waals surface area (Å²) in [6.45, 7) is 3.84. The molecule has 1 rings (SSSR count). The molecule has 0 aliphatic rings. The molecule has 0 fully saturated rings. The van der Waals surface area contributed by atoms with Gasteiger partial charge in [-0.05, 0) is 47.3 Å². The first kappa shape index (κ1) is 12.5. The largest absolute Gasteiger partial charge is 0.506 e. The van der Waals surface area contributed by atoms with Crippen LogP contribution < -0.4 is 5.73 Å². The van der Waals surface area contributed by atoms with Crippen molar-refractivity contribution in [2.45, 2.75) is 26.3 Å². The molecule has 1 aromatic rings. The topological polar surface area (TPSA) is 66.5 Å². The highest BCUT2D eigenvalue weighted by Crippen LogP contribution is 2.37. The summed E-state index contributed by atoms with van der Waals surface area (Å²) < 4.78 is 0.677. The summed E-state index contributed by atoms with van der Waals surface area (Å²) in [7, 11) is 0. The van der Waals surface area contributed by atoms with Crippen molar-refractivity contribution in [2.24, 2.45) is 5.73 Å². The second-order valence-corrected chi connectivity index (χ2v) is 4.50. The summed E-state index contributed by atoms with van der Waals surface area (Å²) >= 11 is 3.32. The van der Waals surface area contributed by atoms with Crippen LogP contribution in [0.5, 0.6) is 5.75 Å². The lowest BCUT2D eigenvalue weighted by Gasteiger charge is -2.17. The van der Waals surface area contributed by atoms with Crippen molar-refractivity contribution in [1.82, 2.24) is 0 Å². The summed E-state index contributed by atoms with van der Waals surface area (Å²) in [6.07, 6.45) is 0.448. The highest BCUT2D eigenvalue weighted by atomic mass is 79.9. The van der Waals surface area contributed by atoms with Gasteiger partial charge in [0.25, 0.3) is 0 Å². The second kappa shape index (κ2) is 4.96. The molecule has 4 heteroatoms. The van der Waals surface area contributed by atoms with E-state index < -0.39 is 0 Å². The van der Waals surface area contributed by atoms with Crippen LogP contribution in [0.2, 0.25) is 0 Å². The van der Waals surface area contributed by atoms with E-state index in [1.807, 2.05) is 19.9 Å². The molecule has 84 valence electrons. The van der Waals surface area contributed by atoms with E-state index in [9.17, 15) is 5.11 Å². The molecule has 0 bridgehead atoms. The number of hydrogen-bond acceptors (Lipinski definition) is 3. The Hall–Kier alpha value is -0.580. The quantitative estimate of drug-likeness (QED) is 0.791. The van der Waals surface area contributed by atoms with Gasteiger partial charge < -0.3 is 15.9 Å². The van der Waals surface area contributed by atoms with Gasteiger partial charge in [0.1, 0.15) is 5.75 Å². The highest BCUT2D eigenvalue weighted by Gasteiger charge is 2.17. The summed E-state index contributed by atoms with van der Waals surface area (Å²) in [5, 5.41) is 18.8. The molecule has 1 unspecified atom stereocenters. The molecule has 0 spiro atoms. The Morgan fingerprint density at radius 2 is 2.00 bits per heavy atom. The van der Waals surface area contributed by atoms with Gasteiger partial charge >= 0.3 is 0 Å². The molecule has 0 radical (unpaired) electrons. The van der Waals surface area contributed by atoms with E-state index in [0.29, 0.717) is 16.5 Å². The van der Waals surface area contributed by atoms with E-state index in [4.69, 9.17) is 10.8 Å². The van der Waals surface area contributed by atoms with Crippen LogP contribution in [-0.4, -0.2) is 16.8 Å². The van der Waals surface area contributed by atoms with E-state index in [2.05, 4.69) is 15.9 Å². The van der Waals surface area contributed by atoms with Crippen molar-refractivity contribution >= 4 is 15.9 Å². The third-order valence-electron chi connectivity index (χ3n) is 2.48. The monoisotopic (exact) mass is 273 g/mol. The van der Waals surface area contributed by atoms with Crippen LogP contribution in [0.4, 0.5) is 0 Å². The lowest BCUT2D eigenvalue weighted by Crippen LogP contribution is -2.14. The number of phenolic OH excluding ortho intramolecular Hbond substituents is 1. The van der Waals surface area contributed by atoms with Crippen molar-refractivity contribution in [3.05, 3.63) is 27.2 Å². The molecule has 0 aromatic heterocycles. The first-order valence-corrected chi connectivity index (χ1v) is 5.63. The predicted molar refractivity (Wildman–Crippen MR) is 63.9 cm³/mol. The van der Waals surface area contributed by atoms with Crippen molar-refractivity contribution < 1.29 is 10.2 Å². The smallest absolute Gasteiger partial charge is 0.135 e. The summed E-state index contributed by atoms with van der Waals surface area (Å²) in [5.41, 5.74) is 8.52. The average Bonchev–Trinajstić information content (AvgIpc) is 2.15. The number of halogens is 1. The maximum atomic E-state index is 9.95. The maximum Gasteiger partial charge on any atom is 0.135 e. The molecule has 0 saturated heterocycles. The van der Waals surface area contributed by atoms with E-state index in [1.165, 1.54) is 0 Å². The van der Waals surface area contributed by atoms with Crippen molar-refractivity contribution in [2.75, 3.05) is 6.61 Å². The number of hydrogen-bond donors (Lipinski definition) is 3. The number of aliphatic hydroxyl groups is 1. The Labute approximate surface area is 98.1 Å². The van der Waals surface area contributed by atoms with Crippen molar-refractivity contribution in [3.63, 3.8) is 0 Å². The molecule has 15 heavy (non-hydrogen) atoms. The zero-order chi connectivity index (χ0) is 11.6. The number of benzene rings is 1. The minimum atomic E-state index is -0.327. The Morgan fingerprint density at radius 1 is 1.40 bits per heavy atom. The van der Waals surface area contributed by atoms with Gasteiger partial charge in [0.2, 0.25) is 0 Å². The first-order chi connectivity index (χ1) is 6.99. The Kier molecular flexibility index (Phi) is 4.13. The van der Waals surface area contributed by atoms with Crippen LogP contribution in [0, 0.1) is 13.8 Å². The fraction of sp³-hybridized carbons (Fsp3) is 0.455. The third-order valence-corrected chi connectivity index (χ3v) is 3.48. The van der Waals surface area contributed by atoms with E-state index in [1.54, 1.807) is 0 Å². The SMILES string of the molecule is Cc1cc(C)c(C(N)CCO)c(O)c1Br. The molecule has 1 aromatic carbocycles. The summed E-state index contributed by atoms with van der Waals surface area (Å²) in [6, 6.07) is 1.64. The van der Waals surface area contributed by atoms with E-state index in [0.717, 1.165) is 11.1 Å². The Morgan fingerprint density at radius 3 is 2.53 bits per heavy atom. The minimum Gasteiger partial charge on any atom is -0.506 e. The molecular weight excluding hydrogens is 258 g/mol. The lowest BCUT2D eigenvalue weighted by atomic mass is 9.97. The van der Waals surface area contributed by atoms with E-state index >= 15 is 0 Å². The van der Waals surface area contributed by atoms with Gasteiger partial charge in [0, 0.05) is 18.2 Å². The normalized spacial score (nSPS) is 12.9. The highest BCUT2D eigenvalue weighted by molar-refractivity contribution is 9.10. The number of aliphatic hydroxyl groups excluding tert-OH is 1. The number of phenols is 1. The van der Waals surface area contributed by atoms with Crippen LogP contribution in [-0.2, 0) is 0 Å². The van der Waals surface area contributed by atoms with Gasteiger partial charge in [-0.15, -0.1) is 0 Å². The Balaban J connectivity index is 3.23. The van der Waals surface area contributed by atoms with Gasteiger partial charge in [-0.1, -0.05) is 6.07 Å². The number of aryl methyl sites for hydroxylation is 2. The molecule has 1 atom stereocenters. The lowest BCUT2D eigenvalue weighted by molar-refractivity contribution is 0.275. The van der Waals surface area contributed by atoms with Gasteiger partial charge in [-0.25, -0.2) is 0 Å². The Bertz CT molecular complexity index is 366. The fourth-order valence-electron chi connectivity index (χ4n) is 1.71. The van der Waals surface area contributed by atoms with Crippen LogP contribution in [0.25, 0.3) is 0 Å². The number of nitrogens with two attached hydrogens (primary N) is 1. The average molecular weight is 274 g/mol. The zero-order valence-electron chi connectivity index (χ0n) is 8.92. The predicted octanol–water partition coefficient (Wildman–Crippen LogP) is 2.15. The van der Waals surface area contributed by atoms with Gasteiger partial charge in [0.05, 0.1) is 4.47 Å². The van der Waals surface area contributed by atoms with Crippen LogP contribution in [0.1, 0.15) is 29.2 Å². The zero-order valence-corrected chi connectivity index (χ0v) is 10.5. The molecule has 0 amide bonds. The maximum absolute atomic E-state index is 9.95. The van der Waals surface area contributed by atoms with Crippen LogP contribution >= 0.6 is 15.9 Å². The molecule has 0 aliphatic heterocycles. The number of rotatable bonds is 3. The van der Waals surface area contributed by atoms with Gasteiger partial charge in [-0.2, -0.15) is 0 Å². The summed E-state index contributed by atoms with van der Waals surface area (Å²) in [4.78, 5) is 0. The first-order valence-electron chi connectivity index (χ1n) is 4.84. The molecule has 3 nitrogen and oxygen atoms in total. The molecule has 0 saturated carbocycles. The van der Waals surface area contributed by atoms with Crippen molar-refractivity contribution in [1.29, 1.82) is 0 Å². The molecule has 0 heterocycles. The fourth-order valence-corrected chi connectivity index (χ4v) is 2.04.